The van der Waals surface area contributed by atoms with Crippen molar-refractivity contribution in [2.45, 2.75) is 20.3 Å². The molecule has 13 heavy (non-hydrogen) atoms. The third-order valence-corrected chi connectivity index (χ3v) is 1.66. The van der Waals surface area contributed by atoms with Crippen molar-refractivity contribution in [3.05, 3.63) is 30.9 Å². The van der Waals surface area contributed by atoms with Crippen molar-refractivity contribution in [3.8, 4) is 0 Å². The first kappa shape index (κ1) is 9.58. The summed E-state index contributed by atoms with van der Waals surface area (Å²) in [6.07, 6.45) is 4.29. The Bertz CT molecular complexity index is 314. The average molecular weight is 175 g/mol. The maximum Gasteiger partial charge on any atom is 0.177 e. The van der Waals surface area contributed by atoms with Gasteiger partial charge in [-0.2, -0.15) is 0 Å². The lowest BCUT2D eigenvalue weighted by Crippen LogP contribution is -1.93. The second-order valence-electron chi connectivity index (χ2n) is 2.72. The highest BCUT2D eigenvalue weighted by atomic mass is 14.9. The Morgan fingerprint density at radius 3 is 2.62 bits per heavy atom. The minimum absolute atomic E-state index is 0.593. The maximum absolute atomic E-state index is 4.26. The van der Waals surface area contributed by atoms with Crippen molar-refractivity contribution in [2.24, 2.45) is 4.99 Å². The zero-order chi connectivity index (χ0) is 9.68. The normalized spacial score (nSPS) is 11.4. The number of aromatic nitrogens is 2. The molecule has 3 nitrogen and oxygen atoms in total. The van der Waals surface area contributed by atoms with Crippen LogP contribution >= 0.6 is 0 Å². The van der Waals surface area contributed by atoms with Gasteiger partial charge in [-0.05, 0) is 19.4 Å². The molecule has 1 rings (SSSR count). The Balaban J connectivity index is 2.81. The van der Waals surface area contributed by atoms with Gasteiger partial charge >= 0.3 is 0 Å². The highest BCUT2D eigenvalue weighted by Gasteiger charge is 1.98. The molecular formula is C10H13N3. The molecule has 3 heteroatoms. The number of rotatable bonds is 3. The van der Waals surface area contributed by atoms with Crippen LogP contribution < -0.4 is 0 Å². The van der Waals surface area contributed by atoms with Crippen LogP contribution in [0.4, 0.5) is 0 Å². The molecular weight excluding hydrogens is 162 g/mol. The van der Waals surface area contributed by atoms with Gasteiger partial charge in [0, 0.05) is 18.1 Å². The van der Waals surface area contributed by atoms with Gasteiger partial charge in [0.25, 0.3) is 0 Å². The van der Waals surface area contributed by atoms with E-state index in [0.717, 1.165) is 12.1 Å². The second kappa shape index (κ2) is 4.50. The molecule has 0 amide bonds. The van der Waals surface area contributed by atoms with Crippen LogP contribution in [0.3, 0.4) is 0 Å². The number of aliphatic imine (C=N–C) groups is 1. The topological polar surface area (TPSA) is 38.1 Å². The van der Waals surface area contributed by atoms with Gasteiger partial charge in [-0.3, -0.25) is 4.99 Å². The van der Waals surface area contributed by atoms with Gasteiger partial charge in [-0.1, -0.05) is 13.5 Å². The summed E-state index contributed by atoms with van der Waals surface area (Å²) in [4.78, 5) is 12.4. The summed E-state index contributed by atoms with van der Waals surface area (Å²) >= 11 is 0. The third-order valence-electron chi connectivity index (χ3n) is 1.66. The summed E-state index contributed by atoms with van der Waals surface area (Å²) in [5.74, 6) is 0.593. The molecule has 68 valence electrons. The van der Waals surface area contributed by atoms with Crippen LogP contribution in [0.2, 0.25) is 0 Å². The number of nitrogens with zero attached hydrogens (tertiary/aromatic N) is 3. The van der Waals surface area contributed by atoms with E-state index in [4.69, 9.17) is 0 Å². The van der Waals surface area contributed by atoms with Crippen LogP contribution in [0.15, 0.2) is 30.0 Å². The van der Waals surface area contributed by atoms with Crippen molar-refractivity contribution in [1.29, 1.82) is 0 Å². The molecule has 0 N–H and O–H groups in total. The first-order valence-electron chi connectivity index (χ1n) is 4.24. The standard InChI is InChI=1S/C10H13N3/c1-4-8(2)13-9(3)10-11-6-5-7-12-10/h5-7H,3-4H2,1-2H3. The third kappa shape index (κ3) is 2.78. The fraction of sp³-hybridized carbons (Fsp3) is 0.300. The van der Waals surface area contributed by atoms with Crippen molar-refractivity contribution < 1.29 is 0 Å². The van der Waals surface area contributed by atoms with E-state index in [2.05, 4.69) is 28.5 Å². The predicted octanol–water partition coefficient (Wildman–Crippen LogP) is 2.32. The van der Waals surface area contributed by atoms with Crippen molar-refractivity contribution >= 4 is 11.4 Å². The van der Waals surface area contributed by atoms with Crippen LogP contribution in [-0.4, -0.2) is 15.7 Å². The van der Waals surface area contributed by atoms with Crippen molar-refractivity contribution in [2.75, 3.05) is 0 Å². The molecule has 0 aliphatic rings. The lowest BCUT2D eigenvalue weighted by molar-refractivity contribution is 1.10. The van der Waals surface area contributed by atoms with E-state index in [9.17, 15) is 0 Å². The summed E-state index contributed by atoms with van der Waals surface area (Å²) in [7, 11) is 0. The molecule has 0 fully saturated rings. The van der Waals surface area contributed by atoms with E-state index < -0.39 is 0 Å². The quantitative estimate of drug-likeness (QED) is 0.661. The Morgan fingerprint density at radius 1 is 1.46 bits per heavy atom. The van der Waals surface area contributed by atoms with Gasteiger partial charge in [0.2, 0.25) is 0 Å². The SMILES string of the molecule is C=C(N=C(C)CC)c1ncccn1. The minimum Gasteiger partial charge on any atom is -0.255 e. The fourth-order valence-electron chi connectivity index (χ4n) is 0.808. The molecule has 1 heterocycles. The molecule has 0 saturated carbocycles. The highest BCUT2D eigenvalue weighted by molar-refractivity contribution is 5.86. The van der Waals surface area contributed by atoms with E-state index in [-0.39, 0.29) is 0 Å². The molecule has 1 aromatic heterocycles. The molecule has 0 bridgehead atoms. The average Bonchev–Trinajstić information content (AvgIpc) is 2.19. The van der Waals surface area contributed by atoms with E-state index in [1.807, 2.05) is 6.92 Å². The summed E-state index contributed by atoms with van der Waals surface area (Å²) < 4.78 is 0. The Morgan fingerprint density at radius 2 is 2.08 bits per heavy atom. The molecule has 0 spiro atoms. The van der Waals surface area contributed by atoms with Gasteiger partial charge in [0.1, 0.15) is 5.70 Å². The molecule has 0 saturated heterocycles. The summed E-state index contributed by atoms with van der Waals surface area (Å²) in [5, 5.41) is 0. The smallest absolute Gasteiger partial charge is 0.177 e. The van der Waals surface area contributed by atoms with E-state index >= 15 is 0 Å². The molecule has 0 aliphatic heterocycles. The van der Waals surface area contributed by atoms with Crippen molar-refractivity contribution in [3.63, 3.8) is 0 Å². The van der Waals surface area contributed by atoms with Gasteiger partial charge in [0.05, 0.1) is 0 Å². The fourth-order valence-corrected chi connectivity index (χ4v) is 0.808. The Hall–Kier alpha value is -1.51. The van der Waals surface area contributed by atoms with Crippen molar-refractivity contribution in [1.82, 2.24) is 9.97 Å². The van der Waals surface area contributed by atoms with Gasteiger partial charge in [-0.25, -0.2) is 9.97 Å². The van der Waals surface area contributed by atoms with E-state index in [1.54, 1.807) is 18.5 Å². The van der Waals surface area contributed by atoms with Crippen LogP contribution in [0, 0.1) is 0 Å². The van der Waals surface area contributed by atoms with Gasteiger partial charge < -0.3 is 0 Å². The molecule has 0 atom stereocenters. The number of hydrogen-bond acceptors (Lipinski definition) is 3. The first-order valence-corrected chi connectivity index (χ1v) is 4.24. The maximum atomic E-state index is 4.26. The van der Waals surface area contributed by atoms with Crippen LogP contribution in [0.5, 0.6) is 0 Å². The van der Waals surface area contributed by atoms with E-state index in [1.165, 1.54) is 0 Å². The molecule has 0 aromatic carbocycles. The summed E-state index contributed by atoms with van der Waals surface area (Å²) in [5.41, 5.74) is 1.66. The lowest BCUT2D eigenvalue weighted by Gasteiger charge is -1.98. The predicted molar refractivity (Wildman–Crippen MR) is 54.5 cm³/mol. The first-order chi connectivity index (χ1) is 6.24. The Labute approximate surface area is 78.3 Å². The van der Waals surface area contributed by atoms with Crippen LogP contribution in [-0.2, 0) is 0 Å². The van der Waals surface area contributed by atoms with Gasteiger partial charge in [-0.15, -0.1) is 0 Å². The highest BCUT2D eigenvalue weighted by Crippen LogP contribution is 2.07. The van der Waals surface area contributed by atoms with Gasteiger partial charge in [0.15, 0.2) is 5.82 Å². The molecule has 0 aliphatic carbocycles. The lowest BCUT2D eigenvalue weighted by atomic mass is 10.3. The van der Waals surface area contributed by atoms with Crippen LogP contribution in [0.25, 0.3) is 5.70 Å². The van der Waals surface area contributed by atoms with E-state index in [0.29, 0.717) is 11.5 Å². The second-order valence-corrected chi connectivity index (χ2v) is 2.72. The number of hydrogen-bond donors (Lipinski definition) is 0. The molecule has 0 radical (unpaired) electrons. The van der Waals surface area contributed by atoms with Crippen LogP contribution in [0.1, 0.15) is 26.1 Å². The minimum atomic E-state index is 0.593. The summed E-state index contributed by atoms with van der Waals surface area (Å²) in [6.45, 7) is 7.82. The molecule has 1 aromatic rings. The zero-order valence-electron chi connectivity index (χ0n) is 7.99. The largest absolute Gasteiger partial charge is 0.255 e. The Kier molecular flexibility index (Phi) is 3.31. The monoisotopic (exact) mass is 175 g/mol. The molecule has 0 unspecified atom stereocenters. The summed E-state index contributed by atoms with van der Waals surface area (Å²) in [6, 6.07) is 1.77. The zero-order valence-corrected chi connectivity index (χ0v) is 7.99.